The predicted octanol–water partition coefficient (Wildman–Crippen LogP) is 3.64. The number of hydrogen-bond donors (Lipinski definition) is 2. The topological polar surface area (TPSA) is 68.0 Å². The van der Waals surface area contributed by atoms with Crippen LogP contribution in [0.1, 0.15) is 15.9 Å². The minimum absolute atomic E-state index is 0.0312. The Morgan fingerprint density at radius 1 is 0.909 bits per heavy atom. The molecule has 0 saturated carbocycles. The van der Waals surface area contributed by atoms with E-state index in [4.69, 9.17) is 5.73 Å². The maximum Gasteiger partial charge on any atom is 0.195 e. The summed E-state index contributed by atoms with van der Waals surface area (Å²) in [5, 5.41) is 3.21. The van der Waals surface area contributed by atoms with Gasteiger partial charge in [0.1, 0.15) is 0 Å². The number of hydrogen-bond acceptors (Lipinski definition) is 4. The number of nitrogens with one attached hydrogen (secondary N) is 1. The van der Waals surface area contributed by atoms with E-state index in [1.165, 1.54) is 0 Å². The van der Waals surface area contributed by atoms with Crippen molar-refractivity contribution in [3.05, 3.63) is 84.2 Å². The minimum atomic E-state index is -0.0312. The average molecular weight is 289 g/mol. The molecule has 0 unspecified atom stereocenters. The van der Waals surface area contributed by atoms with Gasteiger partial charge >= 0.3 is 0 Å². The van der Waals surface area contributed by atoms with Crippen molar-refractivity contribution >= 4 is 22.8 Å². The van der Waals surface area contributed by atoms with Crippen LogP contribution < -0.4 is 11.1 Å². The van der Waals surface area contributed by atoms with Crippen molar-refractivity contribution in [2.45, 2.75) is 0 Å². The fraction of sp³-hybridized carbons (Fsp3) is 0. The van der Waals surface area contributed by atoms with Crippen LogP contribution in [-0.4, -0.2) is 10.8 Å². The van der Waals surface area contributed by atoms with E-state index in [0.29, 0.717) is 22.5 Å². The van der Waals surface area contributed by atoms with Gasteiger partial charge in [0.2, 0.25) is 0 Å². The third-order valence-corrected chi connectivity index (χ3v) is 3.33. The van der Waals surface area contributed by atoms with E-state index in [2.05, 4.69) is 10.3 Å². The Morgan fingerprint density at radius 3 is 2.41 bits per heavy atom. The van der Waals surface area contributed by atoms with E-state index in [-0.39, 0.29) is 5.78 Å². The number of ketones is 1. The lowest BCUT2D eigenvalue weighted by molar-refractivity contribution is 0.103. The number of pyridine rings is 1. The van der Waals surface area contributed by atoms with Gasteiger partial charge in [-0.2, -0.15) is 0 Å². The zero-order valence-electron chi connectivity index (χ0n) is 11.9. The quantitative estimate of drug-likeness (QED) is 0.720. The number of nitrogens with zero attached hydrogens (tertiary/aromatic N) is 1. The van der Waals surface area contributed by atoms with Crippen LogP contribution in [0.5, 0.6) is 0 Å². The molecule has 1 aromatic heterocycles. The van der Waals surface area contributed by atoms with Gasteiger partial charge in [-0.25, -0.2) is 0 Å². The largest absolute Gasteiger partial charge is 0.396 e. The molecule has 3 rings (SSSR count). The van der Waals surface area contributed by atoms with Gasteiger partial charge < -0.3 is 11.1 Å². The maximum atomic E-state index is 12.7. The summed E-state index contributed by atoms with van der Waals surface area (Å²) in [7, 11) is 0. The van der Waals surface area contributed by atoms with E-state index in [1.54, 1.807) is 36.7 Å². The number of aromatic nitrogens is 1. The summed E-state index contributed by atoms with van der Waals surface area (Å²) >= 11 is 0. The highest BCUT2D eigenvalue weighted by atomic mass is 16.1. The third-order valence-electron chi connectivity index (χ3n) is 3.33. The Hall–Kier alpha value is -3.14. The van der Waals surface area contributed by atoms with Crippen LogP contribution in [0.25, 0.3) is 0 Å². The number of carbonyl (C=O) groups is 1. The molecule has 0 fully saturated rings. The Bertz CT molecular complexity index is 800. The van der Waals surface area contributed by atoms with Crippen LogP contribution in [0.4, 0.5) is 17.1 Å². The Balaban J connectivity index is 1.97. The van der Waals surface area contributed by atoms with Crippen LogP contribution in [-0.2, 0) is 0 Å². The lowest BCUT2D eigenvalue weighted by Gasteiger charge is -2.12. The summed E-state index contributed by atoms with van der Waals surface area (Å²) < 4.78 is 0. The SMILES string of the molecule is Nc1cnccc1Nc1ccccc1C(=O)c1ccccc1. The molecule has 0 aliphatic rings. The van der Waals surface area contributed by atoms with Crippen molar-refractivity contribution in [3.8, 4) is 0 Å². The van der Waals surface area contributed by atoms with E-state index in [1.807, 2.05) is 36.4 Å². The highest BCUT2D eigenvalue weighted by molar-refractivity contribution is 6.12. The second-order valence-corrected chi connectivity index (χ2v) is 4.83. The van der Waals surface area contributed by atoms with Gasteiger partial charge in [-0.05, 0) is 18.2 Å². The molecule has 0 amide bonds. The summed E-state index contributed by atoms with van der Waals surface area (Å²) in [5.41, 5.74) is 9.12. The van der Waals surface area contributed by atoms with Gasteiger partial charge in [0, 0.05) is 23.0 Å². The molecule has 22 heavy (non-hydrogen) atoms. The fourth-order valence-electron chi connectivity index (χ4n) is 2.20. The van der Waals surface area contributed by atoms with Gasteiger partial charge in [0.15, 0.2) is 5.78 Å². The van der Waals surface area contributed by atoms with Crippen LogP contribution in [0, 0.1) is 0 Å². The summed E-state index contributed by atoms with van der Waals surface area (Å²) in [6.45, 7) is 0. The predicted molar refractivity (Wildman–Crippen MR) is 88.2 cm³/mol. The summed E-state index contributed by atoms with van der Waals surface area (Å²) in [6.07, 6.45) is 3.23. The lowest BCUT2D eigenvalue weighted by Crippen LogP contribution is -2.06. The van der Waals surface area contributed by atoms with Crippen molar-refractivity contribution in [1.29, 1.82) is 0 Å². The first-order chi connectivity index (χ1) is 10.8. The molecule has 3 N–H and O–H groups in total. The van der Waals surface area contributed by atoms with E-state index in [0.717, 1.165) is 5.69 Å². The van der Waals surface area contributed by atoms with Crippen molar-refractivity contribution in [3.63, 3.8) is 0 Å². The average Bonchev–Trinajstić information content (AvgIpc) is 2.58. The monoisotopic (exact) mass is 289 g/mol. The Morgan fingerprint density at radius 2 is 1.64 bits per heavy atom. The smallest absolute Gasteiger partial charge is 0.195 e. The van der Waals surface area contributed by atoms with E-state index < -0.39 is 0 Å². The molecule has 0 atom stereocenters. The molecule has 3 aromatic rings. The summed E-state index contributed by atoms with van der Waals surface area (Å²) in [5.74, 6) is -0.0312. The van der Waals surface area contributed by atoms with Gasteiger partial charge in [0.25, 0.3) is 0 Å². The molecule has 0 saturated heterocycles. The molecular formula is C18H15N3O. The van der Waals surface area contributed by atoms with Crippen LogP contribution in [0.15, 0.2) is 73.1 Å². The standard InChI is InChI=1S/C18H15N3O/c19-15-12-20-11-10-17(15)21-16-9-5-4-8-14(16)18(22)13-6-2-1-3-7-13/h1-12H,19H2,(H,20,21). The molecule has 0 spiro atoms. The number of carbonyl (C=O) groups excluding carboxylic acids is 1. The number of nitrogen functional groups attached to an aromatic ring is 1. The second-order valence-electron chi connectivity index (χ2n) is 4.83. The summed E-state index contributed by atoms with van der Waals surface area (Å²) in [4.78, 5) is 16.6. The van der Waals surface area contributed by atoms with Gasteiger partial charge in [-0.3, -0.25) is 9.78 Å². The molecule has 0 aliphatic heterocycles. The number of anilines is 3. The highest BCUT2D eigenvalue weighted by Crippen LogP contribution is 2.26. The molecule has 0 radical (unpaired) electrons. The van der Waals surface area contributed by atoms with Crippen LogP contribution >= 0.6 is 0 Å². The van der Waals surface area contributed by atoms with Crippen LogP contribution in [0.2, 0.25) is 0 Å². The zero-order chi connectivity index (χ0) is 15.4. The number of para-hydroxylation sites is 1. The minimum Gasteiger partial charge on any atom is -0.396 e. The summed E-state index contributed by atoms with van der Waals surface area (Å²) in [6, 6.07) is 18.4. The lowest BCUT2D eigenvalue weighted by atomic mass is 10.0. The molecule has 4 heteroatoms. The van der Waals surface area contributed by atoms with Crippen molar-refractivity contribution in [1.82, 2.24) is 4.98 Å². The second kappa shape index (κ2) is 6.10. The van der Waals surface area contributed by atoms with Crippen LogP contribution in [0.3, 0.4) is 0 Å². The van der Waals surface area contributed by atoms with E-state index >= 15 is 0 Å². The molecule has 108 valence electrons. The molecule has 1 heterocycles. The first-order valence-electron chi connectivity index (χ1n) is 6.91. The Labute approximate surface area is 128 Å². The first-order valence-corrected chi connectivity index (χ1v) is 6.91. The molecular weight excluding hydrogens is 274 g/mol. The third kappa shape index (κ3) is 2.81. The van der Waals surface area contributed by atoms with E-state index in [9.17, 15) is 4.79 Å². The normalized spacial score (nSPS) is 10.2. The maximum absolute atomic E-state index is 12.7. The number of nitrogens with two attached hydrogens (primary N) is 1. The van der Waals surface area contributed by atoms with Crippen molar-refractivity contribution in [2.75, 3.05) is 11.1 Å². The number of rotatable bonds is 4. The van der Waals surface area contributed by atoms with Crippen molar-refractivity contribution in [2.24, 2.45) is 0 Å². The van der Waals surface area contributed by atoms with Gasteiger partial charge in [-0.15, -0.1) is 0 Å². The number of benzene rings is 2. The first kappa shape index (κ1) is 13.8. The molecule has 0 aliphatic carbocycles. The molecule has 2 aromatic carbocycles. The molecule has 4 nitrogen and oxygen atoms in total. The zero-order valence-corrected chi connectivity index (χ0v) is 11.9. The fourth-order valence-corrected chi connectivity index (χ4v) is 2.20. The van der Waals surface area contributed by atoms with Crippen molar-refractivity contribution < 1.29 is 4.79 Å². The van der Waals surface area contributed by atoms with Gasteiger partial charge in [0.05, 0.1) is 17.6 Å². The molecule has 0 bridgehead atoms. The Kier molecular flexibility index (Phi) is 3.83. The van der Waals surface area contributed by atoms with Gasteiger partial charge in [-0.1, -0.05) is 42.5 Å². The highest BCUT2D eigenvalue weighted by Gasteiger charge is 2.13.